The highest BCUT2D eigenvalue weighted by atomic mass is 16.5. The predicted molar refractivity (Wildman–Crippen MR) is 99.8 cm³/mol. The molecule has 1 unspecified atom stereocenters. The highest BCUT2D eigenvalue weighted by molar-refractivity contribution is 5.79. The number of pyridine rings is 1. The van der Waals surface area contributed by atoms with Crippen LogP contribution in [0.1, 0.15) is 44.2 Å². The fraction of sp³-hybridized carbons (Fsp3) is 0.650. The highest BCUT2D eigenvalue weighted by Crippen LogP contribution is 2.24. The van der Waals surface area contributed by atoms with Gasteiger partial charge in [0, 0.05) is 24.8 Å². The topological polar surface area (TPSA) is 89.5 Å². The third kappa shape index (κ3) is 6.59. The number of carbonyl (C=O) groups excluding carboxylic acids is 2. The third-order valence-corrected chi connectivity index (χ3v) is 5.19. The summed E-state index contributed by atoms with van der Waals surface area (Å²) in [5, 5.41) is 5.97. The Balaban J connectivity index is 1.28. The zero-order chi connectivity index (χ0) is 18.9. The largest absolute Gasteiger partial charge is 0.376 e. The van der Waals surface area contributed by atoms with Crippen LogP contribution in [-0.2, 0) is 25.6 Å². The molecule has 2 aliphatic rings. The smallest absolute Gasteiger partial charge is 0.246 e. The van der Waals surface area contributed by atoms with Gasteiger partial charge in [-0.05, 0) is 50.7 Å². The third-order valence-electron chi connectivity index (χ3n) is 5.19. The standard InChI is InChI=1S/C20H29N3O4/c24-19(14-26-13-18-5-3-11-27-18)23-16-8-6-15(7-9-16)20(25)22-12-17-4-1-2-10-21-17/h1-2,4,10,15-16,18H,3,5-9,11-14H2,(H,22,25)(H,23,24). The van der Waals surface area contributed by atoms with Crippen LogP contribution in [0.3, 0.4) is 0 Å². The molecule has 7 heteroatoms. The summed E-state index contributed by atoms with van der Waals surface area (Å²) in [4.78, 5) is 28.5. The van der Waals surface area contributed by atoms with Crippen LogP contribution in [0.15, 0.2) is 24.4 Å². The average Bonchev–Trinajstić information content (AvgIpc) is 3.21. The molecular formula is C20H29N3O4. The van der Waals surface area contributed by atoms with Crippen molar-refractivity contribution in [3.05, 3.63) is 30.1 Å². The normalized spacial score (nSPS) is 25.1. The van der Waals surface area contributed by atoms with Crippen molar-refractivity contribution in [1.29, 1.82) is 0 Å². The number of carbonyl (C=O) groups is 2. The van der Waals surface area contributed by atoms with Gasteiger partial charge in [-0.2, -0.15) is 0 Å². The van der Waals surface area contributed by atoms with Gasteiger partial charge in [-0.15, -0.1) is 0 Å². The van der Waals surface area contributed by atoms with Crippen molar-refractivity contribution in [2.24, 2.45) is 5.92 Å². The van der Waals surface area contributed by atoms with Gasteiger partial charge in [0.2, 0.25) is 11.8 Å². The van der Waals surface area contributed by atoms with Crippen molar-refractivity contribution in [2.45, 2.75) is 57.2 Å². The molecule has 0 radical (unpaired) electrons. The van der Waals surface area contributed by atoms with Gasteiger partial charge in [-0.1, -0.05) is 6.07 Å². The predicted octanol–water partition coefficient (Wildman–Crippen LogP) is 1.57. The minimum absolute atomic E-state index is 0.0117. The molecule has 1 aliphatic carbocycles. The van der Waals surface area contributed by atoms with Gasteiger partial charge in [-0.3, -0.25) is 14.6 Å². The van der Waals surface area contributed by atoms with E-state index >= 15 is 0 Å². The molecular weight excluding hydrogens is 346 g/mol. The van der Waals surface area contributed by atoms with Crippen LogP contribution in [0, 0.1) is 5.92 Å². The van der Waals surface area contributed by atoms with Crippen LogP contribution in [0.4, 0.5) is 0 Å². The average molecular weight is 375 g/mol. The van der Waals surface area contributed by atoms with E-state index in [1.807, 2.05) is 18.2 Å². The molecule has 2 amide bonds. The van der Waals surface area contributed by atoms with Gasteiger partial charge in [-0.25, -0.2) is 0 Å². The summed E-state index contributed by atoms with van der Waals surface area (Å²) in [5.74, 6) is -0.000920. The maximum atomic E-state index is 12.3. The lowest BCUT2D eigenvalue weighted by Gasteiger charge is -2.28. The van der Waals surface area contributed by atoms with Gasteiger partial charge in [0.05, 0.1) is 24.9 Å². The van der Waals surface area contributed by atoms with Crippen LogP contribution in [0.25, 0.3) is 0 Å². The Kier molecular flexibility index (Phi) is 7.59. The second kappa shape index (κ2) is 10.4. The summed E-state index contributed by atoms with van der Waals surface area (Å²) in [6, 6.07) is 5.79. The summed E-state index contributed by atoms with van der Waals surface area (Å²) in [6.45, 7) is 1.80. The molecule has 27 heavy (non-hydrogen) atoms. The first kappa shape index (κ1) is 19.8. The van der Waals surface area contributed by atoms with Crippen LogP contribution >= 0.6 is 0 Å². The molecule has 2 heterocycles. The number of nitrogens with one attached hydrogen (secondary N) is 2. The van der Waals surface area contributed by atoms with Crippen molar-refractivity contribution in [2.75, 3.05) is 19.8 Å². The molecule has 1 saturated carbocycles. The first-order valence-electron chi connectivity index (χ1n) is 9.87. The van der Waals surface area contributed by atoms with Crippen molar-refractivity contribution >= 4 is 11.8 Å². The summed E-state index contributed by atoms with van der Waals surface area (Å²) in [5.41, 5.74) is 0.856. The number of aromatic nitrogens is 1. The fourth-order valence-electron chi connectivity index (χ4n) is 3.65. The van der Waals surface area contributed by atoms with Crippen LogP contribution in [0.2, 0.25) is 0 Å². The van der Waals surface area contributed by atoms with Gasteiger partial charge in [0.15, 0.2) is 0 Å². The molecule has 1 aromatic heterocycles. The van der Waals surface area contributed by atoms with Crippen LogP contribution in [-0.4, -0.2) is 48.8 Å². The number of rotatable bonds is 8. The van der Waals surface area contributed by atoms with Crippen molar-refractivity contribution in [3.8, 4) is 0 Å². The van der Waals surface area contributed by atoms with Gasteiger partial charge >= 0.3 is 0 Å². The Labute approximate surface area is 160 Å². The van der Waals surface area contributed by atoms with Gasteiger partial charge in [0.25, 0.3) is 0 Å². The molecule has 3 rings (SSSR count). The number of hydrogen-bond acceptors (Lipinski definition) is 5. The van der Waals surface area contributed by atoms with E-state index in [2.05, 4.69) is 15.6 Å². The Morgan fingerprint density at radius 1 is 1.19 bits per heavy atom. The Hall–Kier alpha value is -1.99. The first-order valence-corrected chi connectivity index (χ1v) is 9.87. The van der Waals surface area contributed by atoms with Crippen LogP contribution < -0.4 is 10.6 Å². The van der Waals surface area contributed by atoms with E-state index in [0.717, 1.165) is 50.8 Å². The first-order chi connectivity index (χ1) is 13.2. The van der Waals surface area contributed by atoms with E-state index in [1.54, 1.807) is 6.20 Å². The van der Waals surface area contributed by atoms with Crippen LogP contribution in [0.5, 0.6) is 0 Å². The summed E-state index contributed by atoms with van der Waals surface area (Å²) >= 11 is 0. The molecule has 1 aromatic rings. The molecule has 0 aromatic carbocycles. The monoisotopic (exact) mass is 375 g/mol. The van der Waals surface area contributed by atoms with Gasteiger partial charge < -0.3 is 20.1 Å². The van der Waals surface area contributed by atoms with E-state index in [9.17, 15) is 9.59 Å². The summed E-state index contributed by atoms with van der Waals surface area (Å²) in [6.07, 6.45) is 7.15. The Morgan fingerprint density at radius 2 is 2.04 bits per heavy atom. The van der Waals surface area contributed by atoms with E-state index in [4.69, 9.17) is 9.47 Å². The molecule has 0 spiro atoms. The Bertz CT molecular complexity index is 597. The molecule has 1 atom stereocenters. The van der Waals surface area contributed by atoms with Crippen molar-refractivity contribution in [3.63, 3.8) is 0 Å². The number of hydrogen-bond donors (Lipinski definition) is 2. The number of ether oxygens (including phenoxy) is 2. The molecule has 148 valence electrons. The molecule has 2 fully saturated rings. The lowest BCUT2D eigenvalue weighted by atomic mass is 9.85. The SMILES string of the molecule is O=C(COCC1CCCO1)NC1CCC(C(=O)NCc2ccccn2)CC1. The van der Waals surface area contributed by atoms with E-state index in [-0.39, 0.29) is 36.5 Å². The maximum absolute atomic E-state index is 12.3. The minimum atomic E-state index is -0.0870. The molecule has 1 aliphatic heterocycles. The number of nitrogens with zero attached hydrogens (tertiary/aromatic N) is 1. The Morgan fingerprint density at radius 3 is 2.74 bits per heavy atom. The molecule has 0 bridgehead atoms. The molecule has 7 nitrogen and oxygen atoms in total. The van der Waals surface area contributed by atoms with E-state index in [1.165, 1.54) is 0 Å². The van der Waals surface area contributed by atoms with Crippen molar-refractivity contribution < 1.29 is 19.1 Å². The minimum Gasteiger partial charge on any atom is -0.376 e. The zero-order valence-corrected chi connectivity index (χ0v) is 15.7. The fourth-order valence-corrected chi connectivity index (χ4v) is 3.65. The second-order valence-electron chi connectivity index (χ2n) is 7.31. The zero-order valence-electron chi connectivity index (χ0n) is 15.7. The summed E-state index contributed by atoms with van der Waals surface area (Å²) < 4.78 is 10.9. The molecule has 2 N–H and O–H groups in total. The quantitative estimate of drug-likeness (QED) is 0.720. The number of amides is 2. The molecule has 1 saturated heterocycles. The van der Waals surface area contributed by atoms with Crippen molar-refractivity contribution in [1.82, 2.24) is 15.6 Å². The lowest BCUT2D eigenvalue weighted by Crippen LogP contribution is -2.42. The maximum Gasteiger partial charge on any atom is 0.246 e. The van der Waals surface area contributed by atoms with Gasteiger partial charge in [0.1, 0.15) is 6.61 Å². The second-order valence-corrected chi connectivity index (χ2v) is 7.31. The highest BCUT2D eigenvalue weighted by Gasteiger charge is 2.27. The lowest BCUT2D eigenvalue weighted by molar-refractivity contribution is -0.128. The van der Waals surface area contributed by atoms with E-state index < -0.39 is 0 Å². The van der Waals surface area contributed by atoms with E-state index in [0.29, 0.717) is 13.2 Å². The summed E-state index contributed by atoms with van der Waals surface area (Å²) in [7, 11) is 0.